The monoisotopic (exact) mass is 506 g/mol. The Labute approximate surface area is 229 Å². The van der Waals surface area contributed by atoms with Crippen molar-refractivity contribution in [2.24, 2.45) is 0 Å². The van der Waals surface area contributed by atoms with Crippen LogP contribution in [0.4, 0.5) is 5.69 Å². The zero-order valence-corrected chi connectivity index (χ0v) is 21.9. The predicted octanol–water partition coefficient (Wildman–Crippen LogP) is 7.96. The fourth-order valence-corrected chi connectivity index (χ4v) is 5.42. The van der Waals surface area contributed by atoms with Crippen molar-refractivity contribution in [3.8, 4) is 11.1 Å². The lowest BCUT2D eigenvalue weighted by atomic mass is 9.77. The van der Waals surface area contributed by atoms with Crippen LogP contribution in [0.2, 0.25) is 0 Å². The average Bonchev–Trinajstić information content (AvgIpc) is 3.51. The Bertz CT molecular complexity index is 1530. The van der Waals surface area contributed by atoms with Crippen molar-refractivity contribution in [1.29, 1.82) is 0 Å². The quantitative estimate of drug-likeness (QED) is 0.213. The summed E-state index contributed by atoms with van der Waals surface area (Å²) in [5, 5.41) is 3.71. The highest BCUT2D eigenvalue weighted by atomic mass is 15.1. The van der Waals surface area contributed by atoms with E-state index in [2.05, 4.69) is 149 Å². The third kappa shape index (κ3) is 4.62. The second-order valence-electron chi connectivity index (χ2n) is 9.67. The Hall–Kier alpha value is -4.96. The van der Waals surface area contributed by atoms with Crippen LogP contribution in [0.5, 0.6) is 0 Å². The molecule has 39 heavy (non-hydrogen) atoms. The van der Waals surface area contributed by atoms with Gasteiger partial charge in [0.15, 0.2) is 0 Å². The topological polar surface area (TPSA) is 42.7 Å². The van der Waals surface area contributed by atoms with E-state index in [4.69, 9.17) is 4.98 Å². The summed E-state index contributed by atoms with van der Waals surface area (Å²) in [5.74, 6) is 0. The minimum atomic E-state index is -0.581. The van der Waals surface area contributed by atoms with Gasteiger partial charge in [0, 0.05) is 35.4 Å². The average molecular weight is 507 g/mol. The van der Waals surface area contributed by atoms with Crippen LogP contribution in [0, 0.1) is 0 Å². The Morgan fingerprint density at radius 2 is 1.23 bits per heavy atom. The summed E-state index contributed by atoms with van der Waals surface area (Å²) < 4.78 is 2.26. The van der Waals surface area contributed by atoms with Crippen molar-refractivity contribution in [2.75, 3.05) is 5.32 Å². The highest BCUT2D eigenvalue weighted by Crippen LogP contribution is 2.41. The molecule has 1 atom stereocenters. The van der Waals surface area contributed by atoms with Crippen LogP contribution in [-0.4, -0.2) is 14.5 Å². The molecule has 0 spiro atoms. The highest BCUT2D eigenvalue weighted by molar-refractivity contribution is 5.77. The number of para-hydroxylation sites is 1. The van der Waals surface area contributed by atoms with E-state index in [-0.39, 0.29) is 6.04 Å². The smallest absolute Gasteiger partial charge is 0.121 e. The van der Waals surface area contributed by atoms with Crippen molar-refractivity contribution >= 4 is 5.69 Å². The van der Waals surface area contributed by atoms with Gasteiger partial charge in [-0.1, -0.05) is 115 Å². The summed E-state index contributed by atoms with van der Waals surface area (Å²) in [5.41, 5.74) is 7.15. The molecule has 0 amide bonds. The maximum atomic E-state index is 4.95. The number of rotatable bonds is 8. The van der Waals surface area contributed by atoms with Crippen LogP contribution < -0.4 is 5.32 Å². The van der Waals surface area contributed by atoms with Crippen molar-refractivity contribution in [1.82, 2.24) is 14.5 Å². The Kier molecular flexibility index (Phi) is 6.75. The third-order valence-electron chi connectivity index (χ3n) is 7.28. The van der Waals surface area contributed by atoms with Gasteiger partial charge in [0.2, 0.25) is 0 Å². The Balaban J connectivity index is 1.45. The lowest BCUT2D eigenvalue weighted by Crippen LogP contribution is -2.37. The number of anilines is 1. The Morgan fingerprint density at radius 3 is 1.79 bits per heavy atom. The van der Waals surface area contributed by atoms with Crippen molar-refractivity contribution in [2.45, 2.75) is 18.5 Å². The first-order valence-corrected chi connectivity index (χ1v) is 13.2. The number of nitrogens with one attached hydrogen (secondary N) is 1. The van der Waals surface area contributed by atoms with Crippen LogP contribution in [0.1, 0.15) is 35.3 Å². The minimum absolute atomic E-state index is 0.0240. The maximum Gasteiger partial charge on any atom is 0.121 e. The van der Waals surface area contributed by atoms with Crippen LogP contribution in [0.3, 0.4) is 0 Å². The van der Waals surface area contributed by atoms with E-state index >= 15 is 0 Å². The number of pyridine rings is 1. The van der Waals surface area contributed by atoms with Crippen molar-refractivity contribution in [3.63, 3.8) is 0 Å². The van der Waals surface area contributed by atoms with E-state index in [0.29, 0.717) is 0 Å². The second-order valence-corrected chi connectivity index (χ2v) is 9.67. The molecule has 190 valence electrons. The molecule has 0 bridgehead atoms. The minimum Gasteiger partial charge on any atom is -0.376 e. The van der Waals surface area contributed by atoms with E-state index in [1.165, 1.54) is 16.7 Å². The molecule has 4 heteroatoms. The number of hydrogen-bond acceptors (Lipinski definition) is 3. The van der Waals surface area contributed by atoms with Gasteiger partial charge in [-0.3, -0.25) is 4.98 Å². The molecule has 0 aliphatic carbocycles. The predicted molar refractivity (Wildman–Crippen MR) is 159 cm³/mol. The molecule has 0 saturated carbocycles. The molecule has 0 saturated heterocycles. The van der Waals surface area contributed by atoms with Crippen LogP contribution in [-0.2, 0) is 5.54 Å². The molecule has 0 fully saturated rings. The molecule has 4 aromatic carbocycles. The number of hydrogen-bond donors (Lipinski definition) is 1. The first-order valence-electron chi connectivity index (χ1n) is 13.2. The van der Waals surface area contributed by atoms with Gasteiger partial charge >= 0.3 is 0 Å². The first-order chi connectivity index (χ1) is 19.3. The zero-order chi connectivity index (χ0) is 26.5. The molecule has 0 radical (unpaired) electrons. The molecule has 0 aliphatic heterocycles. The van der Waals surface area contributed by atoms with Gasteiger partial charge in [0.25, 0.3) is 0 Å². The summed E-state index contributed by atoms with van der Waals surface area (Å²) in [7, 11) is 0. The van der Waals surface area contributed by atoms with E-state index in [1.54, 1.807) is 6.20 Å². The van der Waals surface area contributed by atoms with E-state index < -0.39 is 5.54 Å². The zero-order valence-electron chi connectivity index (χ0n) is 21.9. The summed E-state index contributed by atoms with van der Waals surface area (Å²) >= 11 is 0. The first kappa shape index (κ1) is 24.4. The van der Waals surface area contributed by atoms with Gasteiger partial charge in [0.05, 0.1) is 18.1 Å². The van der Waals surface area contributed by atoms with E-state index in [1.807, 2.05) is 18.6 Å². The maximum absolute atomic E-state index is 4.95. The molecule has 6 rings (SSSR count). The molecule has 4 nitrogen and oxygen atoms in total. The molecule has 1 N–H and O–H groups in total. The molecule has 1 unspecified atom stereocenters. The summed E-state index contributed by atoms with van der Waals surface area (Å²) in [6.07, 6.45) is 7.84. The van der Waals surface area contributed by atoms with Crippen molar-refractivity contribution in [3.05, 3.63) is 175 Å². The van der Waals surface area contributed by atoms with Crippen LogP contribution in [0.25, 0.3) is 11.1 Å². The Morgan fingerprint density at radius 1 is 0.667 bits per heavy atom. The van der Waals surface area contributed by atoms with Gasteiger partial charge in [-0.05, 0) is 35.7 Å². The SMILES string of the molecule is CC(Nc1ccccc1-c1cccnc1)c1cn(C(c2ccccc2)(c2ccccc2)c2ccccc2)cn1. The molecular formula is C35H30N4. The van der Waals surface area contributed by atoms with Crippen LogP contribution >= 0.6 is 0 Å². The fourth-order valence-electron chi connectivity index (χ4n) is 5.42. The third-order valence-corrected chi connectivity index (χ3v) is 7.28. The summed E-state index contributed by atoms with van der Waals surface area (Å²) in [6, 6.07) is 44.4. The highest BCUT2D eigenvalue weighted by Gasteiger charge is 2.38. The number of aromatic nitrogens is 3. The largest absolute Gasteiger partial charge is 0.376 e. The number of benzene rings is 4. The molecular weight excluding hydrogens is 476 g/mol. The van der Waals surface area contributed by atoms with Gasteiger partial charge in [-0.2, -0.15) is 0 Å². The number of imidazole rings is 1. The molecule has 2 heterocycles. The van der Waals surface area contributed by atoms with Crippen LogP contribution in [0.15, 0.2) is 152 Å². The van der Waals surface area contributed by atoms with Gasteiger partial charge < -0.3 is 9.88 Å². The molecule has 0 aliphatic rings. The van der Waals surface area contributed by atoms with Gasteiger partial charge in [-0.15, -0.1) is 0 Å². The second kappa shape index (κ2) is 10.8. The number of nitrogens with zero attached hydrogens (tertiary/aromatic N) is 3. The van der Waals surface area contributed by atoms with Gasteiger partial charge in [0.1, 0.15) is 5.54 Å². The molecule has 6 aromatic rings. The van der Waals surface area contributed by atoms with E-state index in [9.17, 15) is 0 Å². The molecule has 2 aromatic heterocycles. The standard InChI is InChI=1S/C35H30N4/c1-27(38-33-22-12-11-21-32(33)28-14-13-23-36-24-28)34-25-39(26-37-34)35(29-15-5-2-6-16-29,30-17-7-3-8-18-30)31-19-9-4-10-20-31/h2-27,38H,1H3. The normalized spacial score (nSPS) is 12.1. The van der Waals surface area contributed by atoms with Crippen molar-refractivity contribution < 1.29 is 0 Å². The van der Waals surface area contributed by atoms with Gasteiger partial charge in [-0.25, -0.2) is 4.98 Å². The lowest BCUT2D eigenvalue weighted by molar-refractivity contribution is 0.514. The lowest BCUT2D eigenvalue weighted by Gasteiger charge is -2.37. The summed E-state index contributed by atoms with van der Waals surface area (Å²) in [4.78, 5) is 9.26. The van der Waals surface area contributed by atoms with E-state index in [0.717, 1.165) is 22.5 Å². The fraction of sp³-hybridized carbons (Fsp3) is 0.0857. The summed E-state index contributed by atoms with van der Waals surface area (Å²) in [6.45, 7) is 2.15.